The molecule has 2 fully saturated rings. The molecule has 3 aliphatic rings. The molecule has 1 saturated carbocycles. The number of nitrogens with one attached hydrogen (secondary N) is 1. The van der Waals surface area contributed by atoms with Gasteiger partial charge < -0.3 is 9.47 Å². The molecule has 1 saturated heterocycles. The summed E-state index contributed by atoms with van der Waals surface area (Å²) in [5.41, 5.74) is 5.08. The number of rotatable bonds is 4. The number of aryl methyl sites for hydroxylation is 1. The van der Waals surface area contributed by atoms with Gasteiger partial charge in [0, 0.05) is 48.7 Å². The van der Waals surface area contributed by atoms with E-state index in [1.807, 2.05) is 24.4 Å². The van der Waals surface area contributed by atoms with Crippen LogP contribution in [0.3, 0.4) is 0 Å². The van der Waals surface area contributed by atoms with Crippen molar-refractivity contribution in [2.75, 3.05) is 25.0 Å². The zero-order valence-corrected chi connectivity index (χ0v) is 18.3. The Morgan fingerprint density at radius 1 is 1.07 bits per heavy atom. The highest BCUT2D eigenvalue weighted by Crippen LogP contribution is 2.54. The average Bonchev–Trinajstić information content (AvgIpc) is 3.31. The van der Waals surface area contributed by atoms with Crippen LogP contribution in [0.2, 0.25) is 0 Å². The number of benzene rings is 1. The molecule has 1 aromatic carbocycles. The molecule has 158 valence electrons. The molecule has 0 atom stereocenters. The number of pyridine rings is 1. The maximum Gasteiger partial charge on any atom is 0.254 e. The molecule has 30 heavy (non-hydrogen) atoms. The Bertz CT molecular complexity index is 1210. The number of hydrogen-bond acceptors (Lipinski definition) is 4. The molecule has 0 unspecified atom stereocenters. The van der Waals surface area contributed by atoms with Crippen molar-refractivity contribution in [3.8, 4) is 11.1 Å². The lowest BCUT2D eigenvalue weighted by Crippen LogP contribution is -2.35. The Balaban J connectivity index is 1.68. The van der Waals surface area contributed by atoms with Crippen LogP contribution in [0.1, 0.15) is 36.8 Å². The summed E-state index contributed by atoms with van der Waals surface area (Å²) in [5, 5.41) is 0. The lowest BCUT2D eigenvalue weighted by Gasteiger charge is -2.35. The number of sulfonamides is 1. The van der Waals surface area contributed by atoms with Crippen LogP contribution < -0.4 is 15.2 Å². The molecular formula is C23H27N3O3S. The zero-order chi connectivity index (χ0) is 21.1. The van der Waals surface area contributed by atoms with Crippen molar-refractivity contribution in [1.29, 1.82) is 0 Å². The molecule has 2 heterocycles. The highest BCUT2D eigenvalue weighted by Gasteiger charge is 2.44. The summed E-state index contributed by atoms with van der Waals surface area (Å²) in [5.74, 6) is 0. The van der Waals surface area contributed by atoms with E-state index in [1.54, 1.807) is 23.7 Å². The van der Waals surface area contributed by atoms with Crippen molar-refractivity contribution < 1.29 is 8.42 Å². The van der Waals surface area contributed by atoms with Gasteiger partial charge in [0.05, 0.1) is 4.90 Å². The SMILES string of the molecule is CNS(=O)(=O)c1ccc(N2CCC3(CC2)CC3)c(-c2cn(C)c(=O)c3c2C=CC3)c1. The molecule has 0 bridgehead atoms. The van der Waals surface area contributed by atoms with Gasteiger partial charge in [0.2, 0.25) is 10.0 Å². The monoisotopic (exact) mass is 425 g/mol. The van der Waals surface area contributed by atoms with E-state index in [-0.39, 0.29) is 10.5 Å². The van der Waals surface area contributed by atoms with E-state index in [9.17, 15) is 13.2 Å². The first-order chi connectivity index (χ1) is 14.3. The molecule has 2 aliphatic carbocycles. The van der Waals surface area contributed by atoms with Crippen LogP contribution in [0.4, 0.5) is 5.69 Å². The van der Waals surface area contributed by atoms with Crippen LogP contribution in [-0.2, 0) is 23.5 Å². The quantitative estimate of drug-likeness (QED) is 0.818. The number of fused-ring (bicyclic) bond motifs is 1. The number of piperidine rings is 1. The van der Waals surface area contributed by atoms with E-state index in [4.69, 9.17) is 0 Å². The predicted molar refractivity (Wildman–Crippen MR) is 119 cm³/mol. The summed E-state index contributed by atoms with van der Waals surface area (Å²) in [6.45, 7) is 1.96. The Kier molecular flexibility index (Phi) is 4.45. The third-order valence-electron chi connectivity index (χ3n) is 7.08. The second-order valence-corrected chi connectivity index (χ2v) is 10.7. The van der Waals surface area contributed by atoms with Crippen LogP contribution in [-0.4, -0.2) is 33.1 Å². The minimum atomic E-state index is -3.57. The van der Waals surface area contributed by atoms with Gasteiger partial charge >= 0.3 is 0 Å². The predicted octanol–water partition coefficient (Wildman–Crippen LogP) is 2.91. The van der Waals surface area contributed by atoms with Gasteiger partial charge in [0.1, 0.15) is 0 Å². The van der Waals surface area contributed by atoms with Gasteiger partial charge in [-0.25, -0.2) is 13.1 Å². The molecule has 6 nitrogen and oxygen atoms in total. The fraction of sp³-hybridized carbons (Fsp3) is 0.435. The van der Waals surface area contributed by atoms with E-state index < -0.39 is 10.0 Å². The van der Waals surface area contributed by atoms with Crippen molar-refractivity contribution in [3.63, 3.8) is 0 Å². The highest BCUT2D eigenvalue weighted by molar-refractivity contribution is 7.89. The van der Waals surface area contributed by atoms with Crippen molar-refractivity contribution in [2.24, 2.45) is 12.5 Å². The van der Waals surface area contributed by atoms with Gasteiger partial charge in [-0.2, -0.15) is 0 Å². The maximum absolute atomic E-state index is 12.6. The van der Waals surface area contributed by atoms with E-state index in [0.717, 1.165) is 41.0 Å². The molecule has 0 amide bonds. The van der Waals surface area contributed by atoms with Crippen LogP contribution in [0, 0.1) is 5.41 Å². The number of aromatic nitrogens is 1. The van der Waals surface area contributed by atoms with Crippen molar-refractivity contribution in [3.05, 3.63) is 52.0 Å². The fourth-order valence-electron chi connectivity index (χ4n) is 4.90. The molecule has 1 spiro atoms. The van der Waals surface area contributed by atoms with Crippen LogP contribution in [0.5, 0.6) is 0 Å². The molecule has 5 rings (SSSR count). The van der Waals surface area contributed by atoms with Gasteiger partial charge in [-0.1, -0.05) is 12.2 Å². The number of anilines is 1. The first-order valence-corrected chi connectivity index (χ1v) is 12.0. The lowest BCUT2D eigenvalue weighted by atomic mass is 9.92. The third kappa shape index (κ3) is 3.11. The van der Waals surface area contributed by atoms with E-state index >= 15 is 0 Å². The summed E-state index contributed by atoms with van der Waals surface area (Å²) in [7, 11) is -0.386. The van der Waals surface area contributed by atoms with Gasteiger partial charge in [0.25, 0.3) is 5.56 Å². The maximum atomic E-state index is 12.6. The van der Waals surface area contributed by atoms with Crippen molar-refractivity contribution in [1.82, 2.24) is 9.29 Å². The summed E-state index contributed by atoms with van der Waals surface area (Å²) in [6.07, 6.45) is 11.5. The number of hydrogen-bond donors (Lipinski definition) is 1. The smallest absolute Gasteiger partial charge is 0.254 e. The summed E-state index contributed by atoms with van der Waals surface area (Å²) in [4.78, 5) is 15.2. The van der Waals surface area contributed by atoms with Crippen LogP contribution in [0.15, 0.2) is 40.2 Å². The van der Waals surface area contributed by atoms with Gasteiger partial charge in [-0.05, 0) is 68.3 Å². The Morgan fingerprint density at radius 2 is 1.80 bits per heavy atom. The van der Waals surface area contributed by atoms with Crippen molar-refractivity contribution in [2.45, 2.75) is 37.0 Å². The molecule has 1 N–H and O–H groups in total. The molecule has 7 heteroatoms. The summed E-state index contributed by atoms with van der Waals surface area (Å²) >= 11 is 0. The second-order valence-electron chi connectivity index (χ2n) is 8.83. The van der Waals surface area contributed by atoms with E-state index in [2.05, 4.69) is 9.62 Å². The molecule has 1 aromatic heterocycles. The molecule has 0 radical (unpaired) electrons. The molecule has 2 aromatic rings. The Labute approximate surface area is 177 Å². The van der Waals surface area contributed by atoms with Gasteiger partial charge in [0.15, 0.2) is 0 Å². The molecule has 1 aliphatic heterocycles. The Hall–Kier alpha value is -2.38. The van der Waals surface area contributed by atoms with Gasteiger partial charge in [-0.3, -0.25) is 4.79 Å². The first-order valence-electron chi connectivity index (χ1n) is 10.6. The zero-order valence-electron chi connectivity index (χ0n) is 17.4. The fourth-order valence-corrected chi connectivity index (χ4v) is 5.66. The minimum absolute atomic E-state index is 0.00736. The summed E-state index contributed by atoms with van der Waals surface area (Å²) < 4.78 is 29.1. The van der Waals surface area contributed by atoms with Crippen LogP contribution in [0.25, 0.3) is 17.2 Å². The third-order valence-corrected chi connectivity index (χ3v) is 8.49. The molecular weight excluding hydrogens is 398 g/mol. The average molecular weight is 426 g/mol. The van der Waals surface area contributed by atoms with E-state index in [1.165, 1.54) is 32.7 Å². The van der Waals surface area contributed by atoms with Crippen molar-refractivity contribution >= 4 is 21.8 Å². The standard InChI is InChI=1S/C23H27N3O3S/c1-24-30(28,29)16-6-7-21(26-12-10-23(8-9-23)11-13-26)19(14-16)20-15-25(2)22(27)18-5-3-4-17(18)20/h3-4,6-7,14-15,24H,5,8-13H2,1-2H3. The minimum Gasteiger partial charge on any atom is -0.371 e. The topological polar surface area (TPSA) is 71.4 Å². The first kappa shape index (κ1) is 19.6. The number of nitrogens with zero attached hydrogens (tertiary/aromatic N) is 2. The summed E-state index contributed by atoms with van der Waals surface area (Å²) in [6, 6.07) is 5.37. The highest BCUT2D eigenvalue weighted by atomic mass is 32.2. The lowest BCUT2D eigenvalue weighted by molar-refractivity contribution is 0.384. The van der Waals surface area contributed by atoms with Crippen LogP contribution >= 0.6 is 0 Å². The largest absolute Gasteiger partial charge is 0.371 e. The Morgan fingerprint density at radius 3 is 2.47 bits per heavy atom. The van der Waals surface area contributed by atoms with E-state index in [0.29, 0.717) is 11.8 Å². The normalized spacial score (nSPS) is 19.3. The second kappa shape index (κ2) is 6.82. The van der Waals surface area contributed by atoms with Gasteiger partial charge in [-0.15, -0.1) is 0 Å². The number of allylic oxidation sites excluding steroid dienone is 1.